The smallest absolute Gasteiger partial charge is 0.0595 e. The van der Waals surface area contributed by atoms with Crippen molar-refractivity contribution in [1.29, 1.82) is 0 Å². The van der Waals surface area contributed by atoms with Crippen LogP contribution in [0.25, 0.3) is 0 Å². The van der Waals surface area contributed by atoms with E-state index < -0.39 is 0 Å². The molecular formula is C12H15BrCl2. The Hall–Kier alpha value is 0.280. The molecule has 0 saturated carbocycles. The highest BCUT2D eigenvalue weighted by Crippen LogP contribution is 2.33. The lowest BCUT2D eigenvalue weighted by molar-refractivity contribution is 0.554. The van der Waals surface area contributed by atoms with Gasteiger partial charge in [-0.2, -0.15) is 0 Å². The third-order valence-corrected chi connectivity index (χ3v) is 4.03. The highest BCUT2D eigenvalue weighted by atomic mass is 79.9. The minimum atomic E-state index is 0.370. The molecule has 0 N–H and O–H groups in total. The van der Waals surface area contributed by atoms with E-state index in [1.165, 1.54) is 12.0 Å². The summed E-state index contributed by atoms with van der Waals surface area (Å²) in [5, 5.41) is 1.24. The molecule has 0 aromatic heterocycles. The van der Waals surface area contributed by atoms with E-state index in [0.29, 0.717) is 14.9 Å². The SMILES string of the molecule is CC(C)CCC(Br)c1ccc(Cl)c(Cl)c1. The molecule has 0 aliphatic carbocycles. The summed E-state index contributed by atoms with van der Waals surface area (Å²) in [6, 6.07) is 5.81. The van der Waals surface area contributed by atoms with Crippen molar-refractivity contribution in [1.82, 2.24) is 0 Å². The van der Waals surface area contributed by atoms with Gasteiger partial charge in [0.1, 0.15) is 0 Å². The number of alkyl halides is 1. The summed E-state index contributed by atoms with van der Waals surface area (Å²) in [6.07, 6.45) is 2.33. The van der Waals surface area contributed by atoms with Crippen molar-refractivity contribution in [3.05, 3.63) is 33.8 Å². The first-order valence-electron chi connectivity index (χ1n) is 5.09. The van der Waals surface area contributed by atoms with Crippen LogP contribution in [0.5, 0.6) is 0 Å². The molecular weight excluding hydrogens is 295 g/mol. The van der Waals surface area contributed by atoms with Gasteiger partial charge in [-0.1, -0.05) is 59.0 Å². The summed E-state index contributed by atoms with van der Waals surface area (Å²) < 4.78 is 0. The number of hydrogen-bond acceptors (Lipinski definition) is 0. The zero-order chi connectivity index (χ0) is 11.4. The number of hydrogen-bond donors (Lipinski definition) is 0. The van der Waals surface area contributed by atoms with Crippen molar-refractivity contribution >= 4 is 39.1 Å². The second-order valence-corrected chi connectivity index (χ2v) is 6.03. The molecule has 15 heavy (non-hydrogen) atoms. The van der Waals surface area contributed by atoms with Crippen LogP contribution in [0.1, 0.15) is 37.1 Å². The van der Waals surface area contributed by atoms with Crippen molar-refractivity contribution in [2.24, 2.45) is 5.92 Å². The molecule has 0 fully saturated rings. The van der Waals surface area contributed by atoms with E-state index in [-0.39, 0.29) is 0 Å². The van der Waals surface area contributed by atoms with Gasteiger partial charge < -0.3 is 0 Å². The first-order chi connectivity index (χ1) is 7.00. The van der Waals surface area contributed by atoms with Crippen LogP contribution in [0.3, 0.4) is 0 Å². The van der Waals surface area contributed by atoms with Gasteiger partial charge in [0, 0.05) is 4.83 Å². The minimum absolute atomic E-state index is 0.370. The number of rotatable bonds is 4. The standard InChI is InChI=1S/C12H15BrCl2/c1-8(2)3-5-10(13)9-4-6-11(14)12(15)7-9/h4,6-8,10H,3,5H2,1-2H3. The molecule has 0 aliphatic rings. The van der Waals surface area contributed by atoms with E-state index in [0.717, 1.165) is 12.3 Å². The van der Waals surface area contributed by atoms with Gasteiger partial charge in [-0.05, 0) is 36.5 Å². The summed E-state index contributed by atoms with van der Waals surface area (Å²) in [7, 11) is 0. The van der Waals surface area contributed by atoms with Gasteiger partial charge in [0.25, 0.3) is 0 Å². The Kier molecular flexibility index (Phi) is 5.45. The molecule has 84 valence electrons. The maximum absolute atomic E-state index is 5.97. The van der Waals surface area contributed by atoms with Gasteiger partial charge >= 0.3 is 0 Å². The van der Waals surface area contributed by atoms with Gasteiger partial charge in [0.2, 0.25) is 0 Å². The highest BCUT2D eigenvalue weighted by molar-refractivity contribution is 9.09. The third kappa shape index (κ3) is 4.34. The lowest BCUT2D eigenvalue weighted by Crippen LogP contribution is -1.94. The van der Waals surface area contributed by atoms with E-state index in [4.69, 9.17) is 23.2 Å². The largest absolute Gasteiger partial charge is 0.0839 e. The van der Waals surface area contributed by atoms with Crippen LogP contribution in [0, 0.1) is 5.92 Å². The molecule has 0 nitrogen and oxygen atoms in total. The van der Waals surface area contributed by atoms with Crippen LogP contribution >= 0.6 is 39.1 Å². The zero-order valence-corrected chi connectivity index (χ0v) is 12.0. The Labute approximate surface area is 110 Å². The lowest BCUT2D eigenvalue weighted by Gasteiger charge is -2.12. The number of halogens is 3. The molecule has 3 heteroatoms. The van der Waals surface area contributed by atoms with Gasteiger partial charge in [-0.15, -0.1) is 0 Å². The summed E-state index contributed by atoms with van der Waals surface area (Å²) in [5.74, 6) is 0.729. The Bertz CT molecular complexity index is 323. The van der Waals surface area contributed by atoms with Crippen molar-refractivity contribution in [2.75, 3.05) is 0 Å². The molecule has 0 heterocycles. The van der Waals surface area contributed by atoms with Gasteiger partial charge in [0.15, 0.2) is 0 Å². The molecule has 0 amide bonds. The first-order valence-corrected chi connectivity index (χ1v) is 6.77. The van der Waals surface area contributed by atoms with Crippen molar-refractivity contribution in [3.63, 3.8) is 0 Å². The van der Waals surface area contributed by atoms with Crippen molar-refractivity contribution in [2.45, 2.75) is 31.5 Å². The van der Waals surface area contributed by atoms with Crippen LogP contribution in [-0.2, 0) is 0 Å². The molecule has 0 radical (unpaired) electrons. The van der Waals surface area contributed by atoms with Gasteiger partial charge in [-0.25, -0.2) is 0 Å². The summed E-state index contributed by atoms with van der Waals surface area (Å²) in [4.78, 5) is 0.370. The van der Waals surface area contributed by atoms with Gasteiger partial charge in [-0.3, -0.25) is 0 Å². The predicted molar refractivity (Wildman–Crippen MR) is 72.2 cm³/mol. The second kappa shape index (κ2) is 6.12. The van der Waals surface area contributed by atoms with Crippen LogP contribution in [0.15, 0.2) is 18.2 Å². The fraction of sp³-hybridized carbons (Fsp3) is 0.500. The second-order valence-electron chi connectivity index (χ2n) is 4.11. The first kappa shape index (κ1) is 13.3. The Balaban J connectivity index is 2.65. The summed E-state index contributed by atoms with van der Waals surface area (Å²) in [5.41, 5.74) is 1.20. The Morgan fingerprint density at radius 1 is 1.13 bits per heavy atom. The average molecular weight is 310 g/mol. The maximum atomic E-state index is 5.97. The van der Waals surface area contributed by atoms with E-state index in [1.807, 2.05) is 18.2 Å². The maximum Gasteiger partial charge on any atom is 0.0595 e. The molecule has 1 aromatic carbocycles. The van der Waals surface area contributed by atoms with Crippen LogP contribution in [0.4, 0.5) is 0 Å². The summed E-state index contributed by atoms with van der Waals surface area (Å²) in [6.45, 7) is 4.46. The molecule has 1 aromatic rings. The topological polar surface area (TPSA) is 0 Å². The average Bonchev–Trinajstić information content (AvgIpc) is 2.18. The third-order valence-electron chi connectivity index (χ3n) is 2.30. The van der Waals surface area contributed by atoms with Crippen molar-refractivity contribution < 1.29 is 0 Å². The molecule has 0 aliphatic heterocycles. The van der Waals surface area contributed by atoms with E-state index in [2.05, 4.69) is 29.8 Å². The zero-order valence-electron chi connectivity index (χ0n) is 8.93. The lowest BCUT2D eigenvalue weighted by atomic mass is 10.0. The quantitative estimate of drug-likeness (QED) is 0.610. The van der Waals surface area contributed by atoms with E-state index in [9.17, 15) is 0 Å². The highest BCUT2D eigenvalue weighted by Gasteiger charge is 2.09. The van der Waals surface area contributed by atoms with E-state index in [1.54, 1.807) is 0 Å². The molecule has 0 spiro atoms. The molecule has 1 atom stereocenters. The fourth-order valence-electron chi connectivity index (χ4n) is 1.35. The monoisotopic (exact) mass is 308 g/mol. The Morgan fingerprint density at radius 2 is 1.80 bits per heavy atom. The van der Waals surface area contributed by atoms with Crippen LogP contribution in [0.2, 0.25) is 10.0 Å². The molecule has 0 saturated heterocycles. The van der Waals surface area contributed by atoms with Crippen LogP contribution in [-0.4, -0.2) is 0 Å². The predicted octanol–water partition coefficient (Wildman–Crippen LogP) is 5.87. The van der Waals surface area contributed by atoms with Gasteiger partial charge in [0.05, 0.1) is 10.0 Å². The van der Waals surface area contributed by atoms with E-state index >= 15 is 0 Å². The molecule has 0 bridgehead atoms. The summed E-state index contributed by atoms with van der Waals surface area (Å²) >= 11 is 15.5. The van der Waals surface area contributed by atoms with Crippen LogP contribution < -0.4 is 0 Å². The Morgan fingerprint density at radius 3 is 2.33 bits per heavy atom. The fourth-order valence-corrected chi connectivity index (χ4v) is 2.21. The van der Waals surface area contributed by atoms with Crippen molar-refractivity contribution in [3.8, 4) is 0 Å². The minimum Gasteiger partial charge on any atom is -0.0839 e. The molecule has 1 unspecified atom stereocenters. The molecule has 1 rings (SSSR count). The normalized spacial score (nSPS) is 13.2. The number of benzene rings is 1.